The molecule has 4 rings (SSSR count). The Kier molecular flexibility index (Phi) is 8.08. The summed E-state index contributed by atoms with van der Waals surface area (Å²) in [7, 11) is 0. The van der Waals surface area contributed by atoms with Crippen LogP contribution in [-0.2, 0) is 17.9 Å². The SMILES string of the molecule is CCOc1cc(/C=C2\SC(=O)N(Cc3ccccc3C#N)C2=O)cc(Br)c1OCc1ccc(F)cc1. The quantitative estimate of drug-likeness (QED) is 0.283. The van der Waals surface area contributed by atoms with Gasteiger partial charge in [0.2, 0.25) is 0 Å². The summed E-state index contributed by atoms with van der Waals surface area (Å²) >= 11 is 4.35. The van der Waals surface area contributed by atoms with Gasteiger partial charge in [0.1, 0.15) is 12.4 Å². The minimum Gasteiger partial charge on any atom is -0.490 e. The number of hydrogen-bond acceptors (Lipinski definition) is 6. The van der Waals surface area contributed by atoms with Crippen LogP contribution in [0.5, 0.6) is 11.5 Å². The topological polar surface area (TPSA) is 79.6 Å². The zero-order valence-corrected chi connectivity index (χ0v) is 21.6. The second-order valence-electron chi connectivity index (χ2n) is 7.71. The molecule has 1 saturated heterocycles. The molecule has 6 nitrogen and oxygen atoms in total. The van der Waals surface area contributed by atoms with E-state index in [1.807, 2.05) is 6.92 Å². The van der Waals surface area contributed by atoms with Gasteiger partial charge in [-0.15, -0.1) is 0 Å². The van der Waals surface area contributed by atoms with Crippen LogP contribution < -0.4 is 9.47 Å². The summed E-state index contributed by atoms with van der Waals surface area (Å²) in [4.78, 5) is 27.0. The Bertz CT molecular complexity index is 1390. The van der Waals surface area contributed by atoms with Gasteiger partial charge in [-0.05, 0) is 87.7 Å². The zero-order chi connectivity index (χ0) is 25.7. The molecule has 1 aliphatic rings. The fraction of sp³-hybridized carbons (Fsp3) is 0.148. The van der Waals surface area contributed by atoms with E-state index < -0.39 is 11.1 Å². The number of nitrogens with zero attached hydrogens (tertiary/aromatic N) is 2. The Balaban J connectivity index is 1.56. The molecule has 1 heterocycles. The summed E-state index contributed by atoms with van der Waals surface area (Å²) < 4.78 is 25.5. The molecule has 0 aromatic heterocycles. The Labute approximate surface area is 220 Å². The fourth-order valence-electron chi connectivity index (χ4n) is 3.54. The molecular formula is C27H20BrFN2O4S. The molecule has 0 radical (unpaired) electrons. The lowest BCUT2D eigenvalue weighted by molar-refractivity contribution is -0.123. The van der Waals surface area contributed by atoms with Crippen LogP contribution >= 0.6 is 27.7 Å². The molecule has 1 fully saturated rings. The lowest BCUT2D eigenvalue weighted by Gasteiger charge is -2.15. The third-order valence-corrected chi connectivity index (χ3v) is 6.76. The number of nitriles is 1. The van der Waals surface area contributed by atoms with Crippen molar-refractivity contribution in [1.29, 1.82) is 5.26 Å². The maximum Gasteiger partial charge on any atom is 0.293 e. The van der Waals surface area contributed by atoms with Gasteiger partial charge in [0, 0.05) is 0 Å². The summed E-state index contributed by atoms with van der Waals surface area (Å²) in [5, 5.41) is 8.91. The Morgan fingerprint density at radius 1 is 1.11 bits per heavy atom. The Morgan fingerprint density at radius 2 is 1.86 bits per heavy atom. The summed E-state index contributed by atoms with van der Waals surface area (Å²) in [5.41, 5.74) is 2.46. The predicted molar refractivity (Wildman–Crippen MR) is 139 cm³/mol. The van der Waals surface area contributed by atoms with Crippen LogP contribution in [0.25, 0.3) is 6.08 Å². The summed E-state index contributed by atoms with van der Waals surface area (Å²) in [6, 6.07) is 18.5. The van der Waals surface area contributed by atoms with Gasteiger partial charge >= 0.3 is 0 Å². The lowest BCUT2D eigenvalue weighted by atomic mass is 10.1. The fourth-order valence-corrected chi connectivity index (χ4v) is 4.95. The third kappa shape index (κ3) is 5.78. The Morgan fingerprint density at radius 3 is 2.58 bits per heavy atom. The van der Waals surface area contributed by atoms with Crippen molar-refractivity contribution in [3.05, 3.63) is 98.1 Å². The van der Waals surface area contributed by atoms with E-state index in [2.05, 4.69) is 22.0 Å². The number of thioether (sulfide) groups is 1. The molecule has 0 unspecified atom stereocenters. The first-order chi connectivity index (χ1) is 17.4. The average Bonchev–Trinajstić information content (AvgIpc) is 3.12. The molecule has 3 aromatic rings. The van der Waals surface area contributed by atoms with E-state index in [-0.39, 0.29) is 23.9 Å². The van der Waals surface area contributed by atoms with Gasteiger partial charge in [0.25, 0.3) is 11.1 Å². The van der Waals surface area contributed by atoms with Crippen LogP contribution in [0, 0.1) is 17.1 Å². The number of carbonyl (C=O) groups excluding carboxylic acids is 2. The molecule has 36 heavy (non-hydrogen) atoms. The highest BCUT2D eigenvalue weighted by molar-refractivity contribution is 9.10. The van der Waals surface area contributed by atoms with E-state index in [4.69, 9.17) is 9.47 Å². The average molecular weight is 567 g/mol. The normalized spacial score (nSPS) is 14.3. The highest BCUT2D eigenvalue weighted by atomic mass is 79.9. The first-order valence-electron chi connectivity index (χ1n) is 11.0. The monoisotopic (exact) mass is 566 g/mol. The van der Waals surface area contributed by atoms with Gasteiger partial charge in [0.15, 0.2) is 11.5 Å². The number of carbonyl (C=O) groups is 2. The molecule has 0 spiro atoms. The van der Waals surface area contributed by atoms with Gasteiger partial charge in [0.05, 0.1) is 34.2 Å². The highest BCUT2D eigenvalue weighted by Gasteiger charge is 2.35. The first kappa shape index (κ1) is 25.5. The van der Waals surface area contributed by atoms with Crippen molar-refractivity contribution >= 4 is 44.9 Å². The molecule has 0 aliphatic carbocycles. The van der Waals surface area contributed by atoms with E-state index in [1.54, 1.807) is 54.6 Å². The highest BCUT2D eigenvalue weighted by Crippen LogP contribution is 2.40. The summed E-state index contributed by atoms with van der Waals surface area (Å²) in [6.07, 6.45) is 1.62. The van der Waals surface area contributed by atoms with Crippen molar-refractivity contribution in [2.75, 3.05) is 6.61 Å². The van der Waals surface area contributed by atoms with Crippen molar-refractivity contribution in [2.45, 2.75) is 20.1 Å². The van der Waals surface area contributed by atoms with E-state index >= 15 is 0 Å². The molecule has 1 aliphatic heterocycles. The molecule has 182 valence electrons. The molecule has 9 heteroatoms. The van der Waals surface area contributed by atoms with Crippen molar-refractivity contribution in [3.8, 4) is 17.6 Å². The number of benzene rings is 3. The number of ether oxygens (including phenoxy) is 2. The predicted octanol–water partition coefficient (Wildman–Crippen LogP) is 6.67. The van der Waals surface area contributed by atoms with Crippen LogP contribution in [0.4, 0.5) is 9.18 Å². The van der Waals surface area contributed by atoms with Crippen molar-refractivity contribution in [1.82, 2.24) is 4.90 Å². The van der Waals surface area contributed by atoms with Crippen LogP contribution in [0.3, 0.4) is 0 Å². The molecule has 0 bridgehead atoms. The van der Waals surface area contributed by atoms with Gasteiger partial charge in [-0.2, -0.15) is 5.26 Å². The van der Waals surface area contributed by atoms with Gasteiger partial charge in [-0.1, -0.05) is 30.3 Å². The second-order valence-corrected chi connectivity index (χ2v) is 9.56. The third-order valence-electron chi connectivity index (χ3n) is 5.27. The molecule has 0 saturated carbocycles. The van der Waals surface area contributed by atoms with Crippen LogP contribution in [0.1, 0.15) is 29.2 Å². The molecule has 0 N–H and O–H groups in total. The van der Waals surface area contributed by atoms with E-state index in [0.29, 0.717) is 39.3 Å². The molecule has 3 aromatic carbocycles. The largest absolute Gasteiger partial charge is 0.490 e. The van der Waals surface area contributed by atoms with E-state index in [9.17, 15) is 19.2 Å². The van der Waals surface area contributed by atoms with Crippen LogP contribution in [0.2, 0.25) is 0 Å². The first-order valence-corrected chi connectivity index (χ1v) is 12.6. The van der Waals surface area contributed by atoms with Gasteiger partial charge in [-0.25, -0.2) is 4.39 Å². The van der Waals surface area contributed by atoms with E-state index in [1.165, 1.54) is 12.1 Å². The number of rotatable bonds is 8. The second kappa shape index (κ2) is 11.4. The lowest BCUT2D eigenvalue weighted by Crippen LogP contribution is -2.27. The number of amides is 2. The number of hydrogen-bond donors (Lipinski definition) is 0. The van der Waals surface area contributed by atoms with Crippen molar-refractivity contribution in [2.24, 2.45) is 0 Å². The maximum absolute atomic E-state index is 13.2. The minimum absolute atomic E-state index is 0.0236. The molecule has 0 atom stereocenters. The van der Waals surface area contributed by atoms with Crippen LogP contribution in [-0.4, -0.2) is 22.7 Å². The summed E-state index contributed by atoms with van der Waals surface area (Å²) in [5.74, 6) is 0.184. The smallest absolute Gasteiger partial charge is 0.293 e. The maximum atomic E-state index is 13.2. The van der Waals surface area contributed by atoms with Crippen LogP contribution in [0.15, 0.2) is 70.0 Å². The van der Waals surface area contributed by atoms with Gasteiger partial charge in [-0.3, -0.25) is 14.5 Å². The van der Waals surface area contributed by atoms with Crippen molar-refractivity contribution in [3.63, 3.8) is 0 Å². The standard InChI is InChI=1S/C27H20BrFN2O4S/c1-2-34-23-12-18(11-22(28)25(23)35-16-17-7-9-21(29)10-8-17)13-24-26(32)31(27(33)36-24)15-20-6-4-3-5-19(20)14-30/h3-13H,2,15-16H2,1H3/b24-13-. The number of imide groups is 1. The van der Waals surface area contributed by atoms with E-state index in [0.717, 1.165) is 22.2 Å². The molecular weight excluding hydrogens is 547 g/mol. The van der Waals surface area contributed by atoms with Gasteiger partial charge < -0.3 is 9.47 Å². The minimum atomic E-state index is -0.427. The number of halogens is 2. The summed E-state index contributed by atoms with van der Waals surface area (Å²) in [6.45, 7) is 2.46. The zero-order valence-electron chi connectivity index (χ0n) is 19.2. The van der Waals surface area contributed by atoms with Crippen molar-refractivity contribution < 1.29 is 23.5 Å². The molecule has 2 amide bonds. The Hall–Kier alpha value is -3.61.